The fourth-order valence-corrected chi connectivity index (χ4v) is 2.25. The fourth-order valence-electron chi connectivity index (χ4n) is 1.85. The van der Waals surface area contributed by atoms with Crippen molar-refractivity contribution in [1.29, 1.82) is 0 Å². The van der Waals surface area contributed by atoms with Gasteiger partial charge >= 0.3 is 0 Å². The van der Waals surface area contributed by atoms with Crippen LogP contribution in [0.15, 0.2) is 18.2 Å². The highest BCUT2D eigenvalue weighted by Crippen LogP contribution is 2.26. The first kappa shape index (κ1) is 16.3. The third kappa shape index (κ3) is 5.83. The van der Waals surface area contributed by atoms with Gasteiger partial charge in [0.1, 0.15) is 11.6 Å². The second-order valence-corrected chi connectivity index (χ2v) is 5.54. The maximum absolute atomic E-state index is 13.3. The Morgan fingerprint density at radius 2 is 2.21 bits per heavy atom. The van der Waals surface area contributed by atoms with Crippen LogP contribution in [0.1, 0.15) is 38.3 Å². The van der Waals surface area contributed by atoms with Crippen LogP contribution in [0.5, 0.6) is 5.75 Å². The number of nitrogens with one attached hydrogen (secondary N) is 1. The highest BCUT2D eigenvalue weighted by molar-refractivity contribution is 7.98. The number of rotatable bonds is 9. The van der Waals surface area contributed by atoms with Gasteiger partial charge in [0.25, 0.3) is 0 Å². The van der Waals surface area contributed by atoms with Crippen molar-refractivity contribution in [2.45, 2.75) is 32.7 Å². The predicted molar refractivity (Wildman–Crippen MR) is 81.6 cm³/mol. The molecular weight excluding hydrogens is 261 g/mol. The van der Waals surface area contributed by atoms with E-state index in [1.54, 1.807) is 11.8 Å². The molecule has 0 aliphatic heterocycles. The summed E-state index contributed by atoms with van der Waals surface area (Å²) < 4.78 is 19.1. The molecule has 0 aliphatic rings. The summed E-state index contributed by atoms with van der Waals surface area (Å²) in [6.07, 6.45) is 4.13. The first-order chi connectivity index (χ1) is 9.19. The van der Waals surface area contributed by atoms with Gasteiger partial charge in [-0.15, -0.1) is 0 Å². The van der Waals surface area contributed by atoms with Gasteiger partial charge in [0, 0.05) is 17.7 Å². The third-order valence-electron chi connectivity index (χ3n) is 2.89. The average molecular weight is 285 g/mol. The molecule has 0 heterocycles. The number of benzene rings is 1. The van der Waals surface area contributed by atoms with Crippen molar-refractivity contribution in [3.05, 3.63) is 29.6 Å². The third-order valence-corrected chi connectivity index (χ3v) is 3.59. The topological polar surface area (TPSA) is 21.3 Å². The molecule has 0 spiro atoms. The molecule has 0 bridgehead atoms. The lowest BCUT2D eigenvalue weighted by atomic mass is 10.1. The van der Waals surface area contributed by atoms with Crippen molar-refractivity contribution >= 4 is 11.8 Å². The molecule has 1 aromatic carbocycles. The van der Waals surface area contributed by atoms with E-state index in [1.807, 2.05) is 6.07 Å². The van der Waals surface area contributed by atoms with E-state index < -0.39 is 0 Å². The summed E-state index contributed by atoms with van der Waals surface area (Å²) >= 11 is 1.80. The fraction of sp³-hybridized carbons (Fsp3) is 0.600. The minimum absolute atomic E-state index is 0.177. The quantitative estimate of drug-likeness (QED) is 0.692. The van der Waals surface area contributed by atoms with Crippen LogP contribution in [0, 0.1) is 5.82 Å². The summed E-state index contributed by atoms with van der Waals surface area (Å²) in [5, 5.41) is 3.40. The van der Waals surface area contributed by atoms with E-state index in [1.165, 1.54) is 12.1 Å². The molecule has 1 atom stereocenters. The van der Waals surface area contributed by atoms with Gasteiger partial charge in [0.05, 0.1) is 6.61 Å². The van der Waals surface area contributed by atoms with Gasteiger partial charge in [0.15, 0.2) is 0 Å². The minimum Gasteiger partial charge on any atom is -0.493 e. The molecule has 0 fully saturated rings. The van der Waals surface area contributed by atoms with Crippen molar-refractivity contribution in [2.75, 3.05) is 25.2 Å². The summed E-state index contributed by atoms with van der Waals surface area (Å²) in [6.45, 7) is 5.80. The number of thioether (sulfide) groups is 1. The molecule has 0 amide bonds. The molecule has 19 heavy (non-hydrogen) atoms. The molecule has 0 aromatic heterocycles. The van der Waals surface area contributed by atoms with Gasteiger partial charge in [0.2, 0.25) is 0 Å². The number of ether oxygens (including phenoxy) is 1. The molecule has 1 rings (SSSR count). The van der Waals surface area contributed by atoms with Crippen LogP contribution in [0.4, 0.5) is 4.39 Å². The van der Waals surface area contributed by atoms with Gasteiger partial charge in [-0.3, -0.25) is 0 Å². The Hall–Kier alpha value is -0.740. The monoisotopic (exact) mass is 285 g/mol. The Balaban J connectivity index is 2.67. The van der Waals surface area contributed by atoms with Gasteiger partial charge in [-0.25, -0.2) is 4.39 Å². The minimum atomic E-state index is -0.244. The van der Waals surface area contributed by atoms with Crippen molar-refractivity contribution < 1.29 is 9.13 Å². The van der Waals surface area contributed by atoms with Crippen LogP contribution in [0.3, 0.4) is 0 Å². The van der Waals surface area contributed by atoms with Gasteiger partial charge in [-0.05, 0) is 44.4 Å². The number of halogens is 1. The molecule has 0 radical (unpaired) electrons. The van der Waals surface area contributed by atoms with Crippen LogP contribution in [0.25, 0.3) is 0 Å². The van der Waals surface area contributed by atoms with Gasteiger partial charge in [-0.1, -0.05) is 13.0 Å². The summed E-state index contributed by atoms with van der Waals surface area (Å²) in [5.41, 5.74) is 1.03. The SMILES string of the molecule is CCCNC(C)c1ccc(F)cc1OCCCSC. The zero-order chi connectivity index (χ0) is 14.1. The molecule has 1 unspecified atom stereocenters. The zero-order valence-corrected chi connectivity index (χ0v) is 12.9. The zero-order valence-electron chi connectivity index (χ0n) is 12.0. The first-order valence-electron chi connectivity index (χ1n) is 6.83. The van der Waals surface area contributed by atoms with Crippen LogP contribution in [-0.2, 0) is 0 Å². The molecule has 1 aromatic rings. The van der Waals surface area contributed by atoms with Crippen molar-refractivity contribution in [2.24, 2.45) is 0 Å². The number of hydrogen-bond acceptors (Lipinski definition) is 3. The predicted octanol–water partition coefficient (Wildman–Crippen LogP) is 4.02. The first-order valence-corrected chi connectivity index (χ1v) is 8.23. The molecule has 0 saturated heterocycles. The van der Waals surface area contributed by atoms with E-state index in [9.17, 15) is 4.39 Å². The Morgan fingerprint density at radius 1 is 1.42 bits per heavy atom. The Labute approximate surface area is 120 Å². The second-order valence-electron chi connectivity index (χ2n) is 4.55. The van der Waals surface area contributed by atoms with E-state index in [4.69, 9.17) is 4.74 Å². The van der Waals surface area contributed by atoms with E-state index in [-0.39, 0.29) is 11.9 Å². The normalized spacial score (nSPS) is 12.4. The Morgan fingerprint density at radius 3 is 2.89 bits per heavy atom. The van der Waals surface area contributed by atoms with Gasteiger partial charge in [-0.2, -0.15) is 11.8 Å². The summed E-state index contributed by atoms with van der Waals surface area (Å²) in [5.74, 6) is 1.48. The lowest BCUT2D eigenvalue weighted by molar-refractivity contribution is 0.310. The second kappa shape index (κ2) is 9.21. The van der Waals surface area contributed by atoms with Crippen molar-refractivity contribution in [3.63, 3.8) is 0 Å². The standard InChI is InChI=1S/C15H24FNOS/c1-4-8-17-12(2)14-7-6-13(16)11-15(14)18-9-5-10-19-3/h6-7,11-12,17H,4-5,8-10H2,1-3H3. The number of hydrogen-bond donors (Lipinski definition) is 1. The van der Waals surface area contributed by atoms with Gasteiger partial charge < -0.3 is 10.1 Å². The molecule has 1 N–H and O–H groups in total. The molecule has 4 heteroatoms. The molecule has 2 nitrogen and oxygen atoms in total. The maximum Gasteiger partial charge on any atom is 0.126 e. The van der Waals surface area contributed by atoms with E-state index in [2.05, 4.69) is 25.4 Å². The molecule has 0 aliphatic carbocycles. The molecule has 108 valence electrons. The average Bonchev–Trinajstić information content (AvgIpc) is 2.41. The summed E-state index contributed by atoms with van der Waals surface area (Å²) in [4.78, 5) is 0. The molecule has 0 saturated carbocycles. The smallest absolute Gasteiger partial charge is 0.126 e. The summed E-state index contributed by atoms with van der Waals surface area (Å²) in [6, 6.07) is 4.97. The Kier molecular flexibility index (Phi) is 7.91. The van der Waals surface area contributed by atoms with Crippen LogP contribution >= 0.6 is 11.8 Å². The highest BCUT2D eigenvalue weighted by atomic mass is 32.2. The Bertz CT molecular complexity index is 373. The van der Waals surface area contributed by atoms with E-state index in [0.717, 1.165) is 30.7 Å². The largest absolute Gasteiger partial charge is 0.493 e. The van der Waals surface area contributed by atoms with Crippen LogP contribution < -0.4 is 10.1 Å². The van der Waals surface area contributed by atoms with Crippen molar-refractivity contribution in [1.82, 2.24) is 5.32 Å². The summed E-state index contributed by atoms with van der Waals surface area (Å²) in [7, 11) is 0. The van der Waals surface area contributed by atoms with Crippen LogP contribution in [-0.4, -0.2) is 25.2 Å². The lowest BCUT2D eigenvalue weighted by Gasteiger charge is -2.18. The molecular formula is C15H24FNOS. The van der Waals surface area contributed by atoms with E-state index >= 15 is 0 Å². The van der Waals surface area contributed by atoms with Crippen LogP contribution in [0.2, 0.25) is 0 Å². The lowest BCUT2D eigenvalue weighted by Crippen LogP contribution is -2.20. The maximum atomic E-state index is 13.3. The van der Waals surface area contributed by atoms with Crippen molar-refractivity contribution in [3.8, 4) is 5.75 Å². The van der Waals surface area contributed by atoms with E-state index in [0.29, 0.717) is 12.4 Å². The highest BCUT2D eigenvalue weighted by Gasteiger charge is 2.12.